The largest absolute Gasteiger partial charge is 0.481 e. The van der Waals surface area contributed by atoms with E-state index in [9.17, 15) is 14.4 Å². The summed E-state index contributed by atoms with van der Waals surface area (Å²) in [4.78, 5) is 38.7. The van der Waals surface area contributed by atoms with Gasteiger partial charge in [-0.1, -0.05) is 62.4 Å². The normalized spacial score (nSPS) is 15.4. The Bertz CT molecular complexity index is 1020. The van der Waals surface area contributed by atoms with Crippen molar-refractivity contribution >= 4 is 18.0 Å². The second-order valence-electron chi connectivity index (χ2n) is 9.56. The highest BCUT2D eigenvalue weighted by Crippen LogP contribution is 2.44. The van der Waals surface area contributed by atoms with Gasteiger partial charge in [0.25, 0.3) is 0 Å². The minimum absolute atomic E-state index is 0.0593. The summed E-state index contributed by atoms with van der Waals surface area (Å²) >= 11 is 0. The lowest BCUT2D eigenvalue weighted by atomic mass is 9.98. The number of alkyl carbamates (subject to hydrolysis) is 1. The maximum absolute atomic E-state index is 13.3. The first kappa shape index (κ1) is 23.8. The lowest BCUT2D eigenvalue weighted by Crippen LogP contribution is -2.50. The summed E-state index contributed by atoms with van der Waals surface area (Å²) in [6.45, 7) is 4.30. The van der Waals surface area contributed by atoms with Gasteiger partial charge in [-0.05, 0) is 47.4 Å². The third-order valence-corrected chi connectivity index (χ3v) is 6.48. The van der Waals surface area contributed by atoms with Crippen LogP contribution in [0.5, 0.6) is 0 Å². The summed E-state index contributed by atoms with van der Waals surface area (Å²) in [7, 11) is 0. The molecule has 2 amide bonds. The number of nitrogens with zero attached hydrogens (tertiary/aromatic N) is 1. The van der Waals surface area contributed by atoms with Crippen LogP contribution in [0, 0.1) is 5.92 Å². The summed E-state index contributed by atoms with van der Waals surface area (Å²) in [5, 5.41) is 11.8. The Labute approximate surface area is 200 Å². The number of fused-ring (bicyclic) bond motifs is 3. The van der Waals surface area contributed by atoms with Crippen molar-refractivity contribution in [2.24, 2.45) is 5.92 Å². The monoisotopic (exact) mass is 464 g/mol. The number of rotatable bonds is 10. The molecule has 0 aromatic heterocycles. The minimum atomic E-state index is -0.941. The Balaban J connectivity index is 1.42. The van der Waals surface area contributed by atoms with Crippen LogP contribution < -0.4 is 5.32 Å². The average molecular weight is 465 g/mol. The van der Waals surface area contributed by atoms with E-state index in [0.29, 0.717) is 6.42 Å². The molecule has 34 heavy (non-hydrogen) atoms. The number of amides is 2. The predicted molar refractivity (Wildman–Crippen MR) is 128 cm³/mol. The van der Waals surface area contributed by atoms with Gasteiger partial charge in [0.15, 0.2) is 0 Å². The molecule has 0 spiro atoms. The summed E-state index contributed by atoms with van der Waals surface area (Å²) < 4.78 is 5.64. The number of carbonyl (C=O) groups is 3. The second-order valence-corrected chi connectivity index (χ2v) is 9.56. The molecule has 0 aliphatic heterocycles. The number of ether oxygens (including phenoxy) is 1. The highest BCUT2D eigenvalue weighted by molar-refractivity contribution is 5.86. The van der Waals surface area contributed by atoms with Crippen molar-refractivity contribution in [1.82, 2.24) is 10.2 Å². The fraction of sp³-hybridized carbons (Fsp3) is 0.444. The van der Waals surface area contributed by atoms with Gasteiger partial charge < -0.3 is 20.1 Å². The number of hydrogen-bond acceptors (Lipinski definition) is 4. The number of carboxylic acid groups (broad SMARTS) is 1. The molecular weight excluding hydrogens is 432 g/mol. The summed E-state index contributed by atoms with van der Waals surface area (Å²) in [6, 6.07) is 15.6. The molecule has 1 fully saturated rings. The number of benzene rings is 2. The third-order valence-electron chi connectivity index (χ3n) is 6.48. The van der Waals surface area contributed by atoms with E-state index in [1.807, 2.05) is 38.1 Å². The predicted octanol–water partition coefficient (Wildman–Crippen LogP) is 4.41. The van der Waals surface area contributed by atoms with Gasteiger partial charge in [-0.3, -0.25) is 9.59 Å². The van der Waals surface area contributed by atoms with Crippen LogP contribution in [0.2, 0.25) is 0 Å². The van der Waals surface area contributed by atoms with E-state index >= 15 is 0 Å². The highest BCUT2D eigenvalue weighted by Gasteiger charge is 2.37. The Morgan fingerprint density at radius 3 is 2.15 bits per heavy atom. The van der Waals surface area contributed by atoms with Crippen LogP contribution in [0.1, 0.15) is 56.6 Å². The Morgan fingerprint density at radius 2 is 1.62 bits per heavy atom. The molecule has 0 heterocycles. The molecule has 0 saturated heterocycles. The zero-order valence-electron chi connectivity index (χ0n) is 19.7. The van der Waals surface area contributed by atoms with Gasteiger partial charge in [0.2, 0.25) is 5.91 Å². The number of aliphatic carboxylic acids is 1. The van der Waals surface area contributed by atoms with Gasteiger partial charge in [0, 0.05) is 18.5 Å². The first-order valence-corrected chi connectivity index (χ1v) is 12.0. The maximum Gasteiger partial charge on any atom is 0.407 e. The van der Waals surface area contributed by atoms with Gasteiger partial charge in [0.05, 0.1) is 6.42 Å². The Hall–Kier alpha value is -3.35. The lowest BCUT2D eigenvalue weighted by molar-refractivity contribution is -0.139. The lowest BCUT2D eigenvalue weighted by Gasteiger charge is -2.28. The van der Waals surface area contributed by atoms with Crippen molar-refractivity contribution < 1.29 is 24.2 Å². The van der Waals surface area contributed by atoms with Gasteiger partial charge in [-0.2, -0.15) is 0 Å². The molecule has 0 radical (unpaired) electrons. The average Bonchev–Trinajstić information content (AvgIpc) is 3.59. The van der Waals surface area contributed by atoms with Crippen LogP contribution in [-0.2, 0) is 14.3 Å². The first-order valence-electron chi connectivity index (χ1n) is 12.0. The molecular formula is C27H32N2O5. The van der Waals surface area contributed by atoms with Crippen molar-refractivity contribution in [1.29, 1.82) is 0 Å². The van der Waals surface area contributed by atoms with Gasteiger partial charge in [-0.15, -0.1) is 0 Å². The summed E-state index contributed by atoms with van der Waals surface area (Å²) in [5.41, 5.74) is 4.55. The van der Waals surface area contributed by atoms with E-state index in [-0.39, 0.29) is 43.4 Å². The van der Waals surface area contributed by atoms with Crippen molar-refractivity contribution in [3.8, 4) is 11.1 Å². The zero-order valence-corrected chi connectivity index (χ0v) is 19.7. The molecule has 0 bridgehead atoms. The van der Waals surface area contributed by atoms with Crippen molar-refractivity contribution in [2.45, 2.75) is 57.5 Å². The van der Waals surface area contributed by atoms with Crippen LogP contribution in [0.15, 0.2) is 48.5 Å². The van der Waals surface area contributed by atoms with Crippen molar-refractivity contribution in [3.05, 3.63) is 59.7 Å². The number of nitrogens with one attached hydrogen (secondary N) is 1. The standard InChI is InChI=1S/C27H32N2O5/c1-17(2)15-24(26(32)29(18-11-12-18)14-13-25(30)31)28-27(33)34-16-23-21-9-5-3-7-19(21)20-8-4-6-10-22(20)23/h3-10,17-18,23-24H,11-16H2,1-2H3,(H,28,33)(H,30,31)/t24-/m1/s1. The SMILES string of the molecule is CC(C)C[C@@H](NC(=O)OCC1c2ccccc2-c2ccccc21)C(=O)N(CCC(=O)O)C1CC1. The fourth-order valence-corrected chi connectivity index (χ4v) is 4.75. The van der Waals surface area contributed by atoms with E-state index in [0.717, 1.165) is 35.1 Å². The highest BCUT2D eigenvalue weighted by atomic mass is 16.5. The Kier molecular flexibility index (Phi) is 7.20. The molecule has 0 unspecified atom stereocenters. The molecule has 7 nitrogen and oxygen atoms in total. The molecule has 7 heteroatoms. The van der Waals surface area contributed by atoms with E-state index in [2.05, 4.69) is 29.6 Å². The van der Waals surface area contributed by atoms with E-state index in [4.69, 9.17) is 9.84 Å². The molecule has 2 aromatic carbocycles. The molecule has 180 valence electrons. The number of carbonyl (C=O) groups excluding carboxylic acids is 2. The minimum Gasteiger partial charge on any atom is -0.481 e. The Morgan fingerprint density at radius 1 is 1.03 bits per heavy atom. The molecule has 1 atom stereocenters. The van der Waals surface area contributed by atoms with Gasteiger partial charge in [0.1, 0.15) is 12.6 Å². The molecule has 2 aliphatic carbocycles. The molecule has 1 saturated carbocycles. The number of hydrogen-bond donors (Lipinski definition) is 2. The second kappa shape index (κ2) is 10.3. The molecule has 2 aromatic rings. The van der Waals surface area contributed by atoms with Crippen LogP contribution >= 0.6 is 0 Å². The van der Waals surface area contributed by atoms with Crippen LogP contribution in [0.3, 0.4) is 0 Å². The van der Waals surface area contributed by atoms with Crippen molar-refractivity contribution in [2.75, 3.05) is 13.2 Å². The molecule has 2 aliphatic rings. The summed E-state index contributed by atoms with van der Waals surface area (Å²) in [6.07, 6.45) is 1.45. The summed E-state index contributed by atoms with van der Waals surface area (Å²) in [5.74, 6) is -1.06. The first-order chi connectivity index (χ1) is 16.3. The van der Waals surface area contributed by atoms with Crippen LogP contribution in [0.25, 0.3) is 11.1 Å². The quantitative estimate of drug-likeness (QED) is 0.543. The number of carboxylic acids is 1. The van der Waals surface area contributed by atoms with E-state index in [1.165, 1.54) is 0 Å². The van der Waals surface area contributed by atoms with E-state index < -0.39 is 18.1 Å². The third kappa shape index (κ3) is 5.41. The van der Waals surface area contributed by atoms with Crippen LogP contribution in [0.4, 0.5) is 4.79 Å². The smallest absolute Gasteiger partial charge is 0.407 e. The van der Waals surface area contributed by atoms with Crippen LogP contribution in [-0.4, -0.2) is 53.2 Å². The maximum atomic E-state index is 13.3. The zero-order chi connectivity index (χ0) is 24.2. The van der Waals surface area contributed by atoms with E-state index in [1.54, 1.807) is 4.90 Å². The van der Waals surface area contributed by atoms with Crippen molar-refractivity contribution in [3.63, 3.8) is 0 Å². The van der Waals surface area contributed by atoms with Gasteiger partial charge >= 0.3 is 12.1 Å². The fourth-order valence-electron chi connectivity index (χ4n) is 4.75. The topological polar surface area (TPSA) is 95.9 Å². The molecule has 2 N–H and O–H groups in total. The molecule has 4 rings (SSSR count). The van der Waals surface area contributed by atoms with Gasteiger partial charge in [-0.25, -0.2) is 4.79 Å².